The molecule has 3 amide bonds. The van der Waals surface area contributed by atoms with Crippen LogP contribution in [-0.2, 0) is 14.4 Å². The summed E-state index contributed by atoms with van der Waals surface area (Å²) in [6.07, 6.45) is 1.36. The zero-order valence-electron chi connectivity index (χ0n) is 16.0. The van der Waals surface area contributed by atoms with Crippen molar-refractivity contribution in [1.82, 2.24) is 10.7 Å². The van der Waals surface area contributed by atoms with Gasteiger partial charge < -0.3 is 10.6 Å². The fourth-order valence-electron chi connectivity index (χ4n) is 2.65. The maximum atomic E-state index is 12.3. The Labute approximate surface area is 177 Å². The summed E-state index contributed by atoms with van der Waals surface area (Å²) in [7, 11) is 0. The smallest absolute Gasteiger partial charge is 0.252 e. The Balaban J connectivity index is 1.55. The summed E-state index contributed by atoms with van der Waals surface area (Å²) in [5, 5.41) is 12.4. The highest BCUT2D eigenvalue weighted by Crippen LogP contribution is 2.16. The van der Waals surface area contributed by atoms with Crippen LogP contribution in [0.2, 0.25) is 5.02 Å². The summed E-state index contributed by atoms with van der Waals surface area (Å²) in [6.45, 7) is 1.39. The minimum absolute atomic E-state index is 0.143. The van der Waals surface area contributed by atoms with E-state index >= 15 is 0 Å². The monoisotopic (exact) mass is 426 g/mol. The van der Waals surface area contributed by atoms with E-state index in [1.807, 2.05) is 6.07 Å². The highest BCUT2D eigenvalue weighted by atomic mass is 35.5. The maximum Gasteiger partial charge on any atom is 0.252 e. The fraction of sp³-hybridized carbons (Fsp3) is 0.150. The molecule has 2 aromatic carbocycles. The van der Waals surface area contributed by atoms with Crippen molar-refractivity contribution in [2.75, 3.05) is 10.6 Å². The quantitative estimate of drug-likeness (QED) is 0.417. The molecular formula is C20H19ClN6O3. The molecule has 1 heterocycles. The van der Waals surface area contributed by atoms with Crippen LogP contribution in [0.4, 0.5) is 11.4 Å². The number of nitrogens with zero attached hydrogens (tertiary/aromatic N) is 2. The van der Waals surface area contributed by atoms with Crippen molar-refractivity contribution in [3.8, 4) is 0 Å². The number of carbonyl (C=O) groups excluding carboxylic acids is 3. The minimum atomic E-state index is -0.874. The first-order valence-electron chi connectivity index (χ1n) is 9.00. The number of hydrazone groups is 1. The van der Waals surface area contributed by atoms with Gasteiger partial charge in [0, 0.05) is 28.9 Å². The Morgan fingerprint density at radius 1 is 1.17 bits per heavy atom. The van der Waals surface area contributed by atoms with Crippen molar-refractivity contribution in [3.05, 3.63) is 59.1 Å². The molecule has 154 valence electrons. The molecule has 0 aromatic heterocycles. The lowest BCUT2D eigenvalue weighted by Crippen LogP contribution is -2.35. The van der Waals surface area contributed by atoms with Crippen LogP contribution in [-0.4, -0.2) is 35.9 Å². The van der Waals surface area contributed by atoms with Gasteiger partial charge in [0.1, 0.15) is 6.04 Å². The van der Waals surface area contributed by atoms with E-state index in [-0.39, 0.29) is 24.2 Å². The molecule has 1 aliphatic heterocycles. The van der Waals surface area contributed by atoms with E-state index in [4.69, 9.17) is 11.6 Å². The Morgan fingerprint density at radius 3 is 2.63 bits per heavy atom. The molecule has 2 aromatic rings. The fourth-order valence-corrected chi connectivity index (χ4v) is 2.83. The topological polar surface area (TPSA) is 124 Å². The molecule has 3 rings (SSSR count). The van der Waals surface area contributed by atoms with Gasteiger partial charge in [-0.3, -0.25) is 19.7 Å². The van der Waals surface area contributed by atoms with E-state index in [1.54, 1.807) is 42.5 Å². The van der Waals surface area contributed by atoms with Crippen LogP contribution < -0.4 is 21.4 Å². The molecule has 1 atom stereocenters. The Morgan fingerprint density at radius 2 is 1.90 bits per heavy atom. The average molecular weight is 427 g/mol. The van der Waals surface area contributed by atoms with Gasteiger partial charge in [0.2, 0.25) is 17.8 Å². The number of rotatable bonds is 6. The van der Waals surface area contributed by atoms with Gasteiger partial charge in [0.25, 0.3) is 5.91 Å². The van der Waals surface area contributed by atoms with Crippen molar-refractivity contribution >= 4 is 52.9 Å². The van der Waals surface area contributed by atoms with Crippen LogP contribution in [0.1, 0.15) is 18.9 Å². The summed E-state index contributed by atoms with van der Waals surface area (Å²) in [6, 6.07) is 13.0. The molecule has 0 saturated heterocycles. The Bertz CT molecular complexity index is 1040. The molecular weight excluding hydrogens is 408 g/mol. The molecule has 1 unspecified atom stereocenters. The molecule has 0 bridgehead atoms. The van der Waals surface area contributed by atoms with E-state index in [9.17, 15) is 14.4 Å². The second-order valence-electron chi connectivity index (χ2n) is 6.39. The van der Waals surface area contributed by atoms with Crippen LogP contribution in [0, 0.1) is 0 Å². The van der Waals surface area contributed by atoms with Crippen molar-refractivity contribution in [3.63, 3.8) is 0 Å². The lowest BCUT2D eigenvalue weighted by molar-refractivity contribution is -0.123. The number of anilines is 2. The first kappa shape index (κ1) is 21.0. The van der Waals surface area contributed by atoms with E-state index in [0.717, 1.165) is 0 Å². The number of benzene rings is 2. The van der Waals surface area contributed by atoms with E-state index in [2.05, 4.69) is 31.5 Å². The summed E-state index contributed by atoms with van der Waals surface area (Å²) in [5.41, 5.74) is 4.38. The largest absolute Gasteiger partial charge is 0.326 e. The highest BCUT2D eigenvalue weighted by Gasteiger charge is 2.28. The van der Waals surface area contributed by atoms with Crippen LogP contribution in [0.5, 0.6) is 0 Å². The lowest BCUT2D eigenvalue weighted by atomic mass is 10.2. The van der Waals surface area contributed by atoms with Gasteiger partial charge in [-0.05, 0) is 24.3 Å². The number of nitrogens with one attached hydrogen (secondary N) is 4. The molecule has 0 aliphatic carbocycles. The Kier molecular flexibility index (Phi) is 6.76. The van der Waals surface area contributed by atoms with E-state index < -0.39 is 11.9 Å². The molecule has 1 aliphatic rings. The zero-order valence-corrected chi connectivity index (χ0v) is 16.7. The number of amides is 3. The predicted octanol–water partition coefficient (Wildman–Crippen LogP) is 2.11. The normalized spacial score (nSPS) is 15.5. The highest BCUT2D eigenvalue weighted by molar-refractivity contribution is 6.33. The number of carbonyl (C=O) groups is 3. The lowest BCUT2D eigenvalue weighted by Gasteiger charge is -2.09. The van der Waals surface area contributed by atoms with Gasteiger partial charge in [0.15, 0.2) is 0 Å². The van der Waals surface area contributed by atoms with Crippen molar-refractivity contribution in [2.45, 2.75) is 19.4 Å². The zero-order chi connectivity index (χ0) is 21.5. The molecule has 0 radical (unpaired) electrons. The molecule has 9 nitrogen and oxygen atoms in total. The molecule has 10 heteroatoms. The van der Waals surface area contributed by atoms with Gasteiger partial charge in [-0.2, -0.15) is 5.10 Å². The molecule has 4 N–H and O–H groups in total. The number of hydrogen-bond donors (Lipinski definition) is 4. The molecule has 0 fully saturated rings. The van der Waals surface area contributed by atoms with Crippen molar-refractivity contribution in [1.29, 1.82) is 0 Å². The van der Waals surface area contributed by atoms with Crippen LogP contribution >= 0.6 is 11.6 Å². The molecule has 0 saturated carbocycles. The average Bonchev–Trinajstić information content (AvgIpc) is 3.02. The summed E-state index contributed by atoms with van der Waals surface area (Å²) in [4.78, 5) is 39.6. The number of guanidine groups is 1. The van der Waals surface area contributed by atoms with E-state index in [0.29, 0.717) is 22.0 Å². The summed E-state index contributed by atoms with van der Waals surface area (Å²) in [5.74, 6) is -0.867. The van der Waals surface area contributed by atoms with Gasteiger partial charge in [0.05, 0.1) is 12.6 Å². The minimum Gasteiger partial charge on any atom is -0.326 e. The Hall–Kier alpha value is -3.72. The van der Waals surface area contributed by atoms with Crippen LogP contribution in [0.3, 0.4) is 0 Å². The van der Waals surface area contributed by atoms with Crippen LogP contribution in [0.25, 0.3) is 0 Å². The summed E-state index contributed by atoms with van der Waals surface area (Å²) < 4.78 is 0. The van der Waals surface area contributed by atoms with Gasteiger partial charge >= 0.3 is 0 Å². The van der Waals surface area contributed by atoms with Crippen LogP contribution in [0.15, 0.2) is 58.6 Å². The predicted molar refractivity (Wildman–Crippen MR) is 116 cm³/mol. The first-order chi connectivity index (χ1) is 14.4. The van der Waals surface area contributed by atoms with Gasteiger partial charge in [-0.25, -0.2) is 10.4 Å². The second-order valence-corrected chi connectivity index (χ2v) is 6.80. The maximum absolute atomic E-state index is 12.3. The van der Waals surface area contributed by atoms with Gasteiger partial charge in [-0.15, -0.1) is 0 Å². The third-order valence-electron chi connectivity index (χ3n) is 3.95. The summed E-state index contributed by atoms with van der Waals surface area (Å²) >= 11 is 6.04. The van der Waals surface area contributed by atoms with E-state index in [1.165, 1.54) is 13.1 Å². The van der Waals surface area contributed by atoms with Gasteiger partial charge in [-0.1, -0.05) is 35.9 Å². The number of aliphatic imine (C=N–C) groups is 1. The standard InChI is InChI=1S/C20H19ClN6O3/c1-12(28)23-14-6-4-7-15(9-14)24-18(29)10-17-19(30)26-20(25-17)27-22-11-13-5-2-3-8-16(13)21/h2-9,11,17H,10H2,1H3,(H,23,28)(H,24,29)(H2,25,26,27,30)/b22-11+. The van der Waals surface area contributed by atoms with Crippen molar-refractivity contribution < 1.29 is 14.4 Å². The molecule has 0 spiro atoms. The third-order valence-corrected chi connectivity index (χ3v) is 4.30. The molecule has 30 heavy (non-hydrogen) atoms. The van der Waals surface area contributed by atoms with Crippen molar-refractivity contribution in [2.24, 2.45) is 10.1 Å². The second kappa shape index (κ2) is 9.66. The SMILES string of the molecule is CC(=O)Nc1cccc(NC(=O)CC2N=C(N/N=C/c3ccccc3Cl)NC2=O)c1. The number of hydrogen-bond acceptors (Lipinski definition) is 6. The first-order valence-corrected chi connectivity index (χ1v) is 9.38. The third kappa shape index (κ3) is 5.89. The number of halogens is 1.